The van der Waals surface area contributed by atoms with Gasteiger partial charge in [0, 0.05) is 52.0 Å². The van der Waals surface area contributed by atoms with Crippen LogP contribution in [0.15, 0.2) is 24.3 Å². The van der Waals surface area contributed by atoms with Crippen molar-refractivity contribution in [2.75, 3.05) is 26.2 Å². The zero-order valence-electron chi connectivity index (χ0n) is 14.9. The normalized spacial score (nSPS) is 18.2. The number of aryl methyl sites for hydroxylation is 1. The van der Waals surface area contributed by atoms with Gasteiger partial charge in [0.1, 0.15) is 0 Å². The van der Waals surface area contributed by atoms with E-state index in [9.17, 15) is 0 Å². The highest BCUT2D eigenvalue weighted by Gasteiger charge is 2.24. The lowest BCUT2D eigenvalue weighted by molar-refractivity contribution is 0.120. The van der Waals surface area contributed by atoms with Crippen LogP contribution in [-0.2, 0) is 33.0 Å². The van der Waals surface area contributed by atoms with Gasteiger partial charge in [0.2, 0.25) is 0 Å². The second-order valence-corrected chi connectivity index (χ2v) is 7.21. The maximum Gasteiger partial charge on any atom is 0.0991 e. The largest absolute Gasteiger partial charge is 0.297 e. The summed E-state index contributed by atoms with van der Waals surface area (Å²) in [6, 6.07) is 10.1. The van der Waals surface area contributed by atoms with Crippen molar-refractivity contribution in [2.24, 2.45) is 7.05 Å². The van der Waals surface area contributed by atoms with Crippen molar-refractivity contribution in [2.45, 2.75) is 32.4 Å². The van der Waals surface area contributed by atoms with Crippen LogP contribution < -0.4 is 0 Å². The highest BCUT2D eigenvalue weighted by atomic mass is 15.3. The first-order valence-corrected chi connectivity index (χ1v) is 9.20. The summed E-state index contributed by atoms with van der Waals surface area (Å²) in [4.78, 5) is 5.04. The minimum atomic E-state index is 0.733. The molecule has 2 heterocycles. The molecule has 0 bridgehead atoms. The minimum Gasteiger partial charge on any atom is -0.297 e. The molecule has 0 atom stereocenters. The van der Waals surface area contributed by atoms with Crippen LogP contribution in [-0.4, -0.2) is 45.8 Å². The Morgan fingerprint density at radius 1 is 1.00 bits per heavy atom. The van der Waals surface area contributed by atoms with Crippen molar-refractivity contribution in [1.82, 2.24) is 19.6 Å². The van der Waals surface area contributed by atoms with Crippen molar-refractivity contribution in [1.29, 1.82) is 5.26 Å². The lowest BCUT2D eigenvalue weighted by Crippen LogP contribution is -2.45. The smallest absolute Gasteiger partial charge is 0.0991 e. The molecule has 1 fully saturated rings. The molecule has 4 rings (SSSR count). The first-order chi connectivity index (χ1) is 12.2. The Balaban J connectivity index is 1.31. The van der Waals surface area contributed by atoms with Crippen LogP contribution >= 0.6 is 0 Å². The average Bonchev–Trinajstić information content (AvgIpc) is 3.23. The molecule has 5 nitrogen and oxygen atoms in total. The fourth-order valence-corrected chi connectivity index (χ4v) is 4.08. The van der Waals surface area contributed by atoms with Crippen LogP contribution in [0.2, 0.25) is 0 Å². The highest BCUT2D eigenvalue weighted by Crippen LogP contribution is 2.25. The fourth-order valence-electron chi connectivity index (χ4n) is 4.08. The van der Waals surface area contributed by atoms with Gasteiger partial charge in [-0.3, -0.25) is 14.5 Å². The Hall–Kier alpha value is -2.16. The molecule has 2 aromatic rings. The molecule has 0 saturated carbocycles. The quantitative estimate of drug-likeness (QED) is 0.858. The van der Waals surface area contributed by atoms with Gasteiger partial charge in [-0.2, -0.15) is 10.4 Å². The molecule has 5 heteroatoms. The summed E-state index contributed by atoms with van der Waals surface area (Å²) in [5.41, 5.74) is 6.29. The zero-order valence-corrected chi connectivity index (χ0v) is 14.9. The van der Waals surface area contributed by atoms with Crippen LogP contribution in [0.5, 0.6) is 0 Å². The van der Waals surface area contributed by atoms with Gasteiger partial charge in [-0.25, -0.2) is 0 Å². The van der Waals surface area contributed by atoms with Crippen LogP contribution in [0.3, 0.4) is 0 Å². The van der Waals surface area contributed by atoms with E-state index >= 15 is 0 Å². The van der Waals surface area contributed by atoms with Gasteiger partial charge in [-0.1, -0.05) is 12.1 Å². The number of fused-ring (bicyclic) bond motifs is 1. The van der Waals surface area contributed by atoms with E-state index in [4.69, 9.17) is 10.4 Å². The number of nitrogens with zero attached hydrogens (tertiary/aromatic N) is 5. The summed E-state index contributed by atoms with van der Waals surface area (Å²) in [6.45, 7) is 6.35. The second-order valence-electron chi connectivity index (χ2n) is 7.21. The topological polar surface area (TPSA) is 48.1 Å². The summed E-state index contributed by atoms with van der Waals surface area (Å²) in [5, 5.41) is 13.7. The maximum atomic E-state index is 8.89. The van der Waals surface area contributed by atoms with E-state index < -0.39 is 0 Å². The monoisotopic (exact) mass is 335 g/mol. The predicted octanol–water partition coefficient (Wildman–Crippen LogP) is 2.10. The van der Waals surface area contributed by atoms with Crippen molar-refractivity contribution in [3.63, 3.8) is 0 Å². The fraction of sp³-hybridized carbons (Fsp3) is 0.500. The van der Waals surface area contributed by atoms with E-state index in [1.807, 2.05) is 12.1 Å². The molecular weight excluding hydrogens is 310 g/mol. The van der Waals surface area contributed by atoms with Crippen molar-refractivity contribution in [3.8, 4) is 6.07 Å². The van der Waals surface area contributed by atoms with Crippen LogP contribution in [0, 0.1) is 11.3 Å². The Labute approximate surface area is 149 Å². The molecular formula is C20H25N5. The number of rotatable bonds is 4. The van der Waals surface area contributed by atoms with Gasteiger partial charge < -0.3 is 0 Å². The Morgan fingerprint density at radius 2 is 1.68 bits per heavy atom. The van der Waals surface area contributed by atoms with Gasteiger partial charge >= 0.3 is 0 Å². The summed E-state index contributed by atoms with van der Waals surface area (Å²) >= 11 is 0. The number of nitriles is 1. The highest BCUT2D eigenvalue weighted by molar-refractivity contribution is 5.32. The number of piperazine rings is 1. The van der Waals surface area contributed by atoms with Gasteiger partial charge in [0.15, 0.2) is 0 Å². The molecule has 1 aliphatic heterocycles. The van der Waals surface area contributed by atoms with E-state index in [0.717, 1.165) is 44.8 Å². The van der Waals surface area contributed by atoms with Crippen molar-refractivity contribution in [3.05, 3.63) is 52.3 Å². The number of benzene rings is 1. The molecule has 2 aliphatic rings. The third kappa shape index (κ3) is 3.46. The third-order valence-corrected chi connectivity index (χ3v) is 5.53. The molecule has 0 radical (unpaired) electrons. The van der Waals surface area contributed by atoms with Gasteiger partial charge in [0.25, 0.3) is 0 Å². The van der Waals surface area contributed by atoms with Crippen molar-refractivity contribution < 1.29 is 0 Å². The Bertz CT molecular complexity index is 776. The second kappa shape index (κ2) is 6.99. The molecule has 0 N–H and O–H groups in total. The maximum absolute atomic E-state index is 8.89. The lowest BCUT2D eigenvalue weighted by atomic mass is 10.1. The van der Waals surface area contributed by atoms with Crippen LogP contribution in [0.4, 0.5) is 0 Å². The molecule has 1 saturated heterocycles. The third-order valence-electron chi connectivity index (χ3n) is 5.53. The Kier molecular flexibility index (Phi) is 4.56. The minimum absolute atomic E-state index is 0.733. The summed E-state index contributed by atoms with van der Waals surface area (Å²) in [6.07, 6.45) is 3.68. The zero-order chi connectivity index (χ0) is 17.2. The molecule has 1 aromatic heterocycles. The molecule has 130 valence electrons. The molecule has 0 unspecified atom stereocenters. The number of aromatic nitrogens is 2. The van der Waals surface area contributed by atoms with E-state index in [-0.39, 0.29) is 0 Å². The predicted molar refractivity (Wildman–Crippen MR) is 96.9 cm³/mol. The molecule has 0 spiro atoms. The van der Waals surface area contributed by atoms with E-state index in [0.29, 0.717) is 0 Å². The van der Waals surface area contributed by atoms with E-state index in [2.05, 4.69) is 39.7 Å². The first kappa shape index (κ1) is 16.3. The van der Waals surface area contributed by atoms with Crippen LogP contribution in [0.1, 0.15) is 34.5 Å². The SMILES string of the molecule is Cn1nc(CN2CCN(Cc3ccc(C#N)cc3)CC2)c2c1CCC2. The standard InChI is InChI=1S/C20H25N5/c1-23-20-4-2-3-18(20)19(22-23)15-25-11-9-24(10-12-25)14-17-7-5-16(13-21)6-8-17/h5-8H,2-4,9-12,14-15H2,1H3. The molecule has 1 aromatic carbocycles. The van der Waals surface area contributed by atoms with Crippen molar-refractivity contribution >= 4 is 0 Å². The lowest BCUT2D eigenvalue weighted by Gasteiger charge is -2.34. The average molecular weight is 335 g/mol. The van der Waals surface area contributed by atoms with Gasteiger partial charge in [0.05, 0.1) is 17.3 Å². The number of hydrogen-bond acceptors (Lipinski definition) is 4. The number of hydrogen-bond donors (Lipinski definition) is 0. The van der Waals surface area contributed by atoms with E-state index in [1.54, 1.807) is 0 Å². The van der Waals surface area contributed by atoms with E-state index in [1.165, 1.54) is 41.8 Å². The first-order valence-electron chi connectivity index (χ1n) is 9.20. The summed E-state index contributed by atoms with van der Waals surface area (Å²) < 4.78 is 2.10. The van der Waals surface area contributed by atoms with Gasteiger partial charge in [-0.05, 0) is 42.5 Å². The molecule has 1 aliphatic carbocycles. The molecule has 0 amide bonds. The van der Waals surface area contributed by atoms with Crippen LogP contribution in [0.25, 0.3) is 0 Å². The molecule has 25 heavy (non-hydrogen) atoms. The summed E-state index contributed by atoms with van der Waals surface area (Å²) in [5.74, 6) is 0. The summed E-state index contributed by atoms with van der Waals surface area (Å²) in [7, 11) is 2.09. The van der Waals surface area contributed by atoms with Gasteiger partial charge in [-0.15, -0.1) is 0 Å². The Morgan fingerprint density at radius 3 is 2.36 bits per heavy atom.